The molecule has 0 fully saturated rings. The molecule has 0 saturated heterocycles. The van der Waals surface area contributed by atoms with Crippen LogP contribution in [0.25, 0.3) is 10.9 Å². The first-order valence-electron chi connectivity index (χ1n) is 6.27. The van der Waals surface area contributed by atoms with E-state index in [4.69, 9.17) is 0 Å². The Labute approximate surface area is 126 Å². The van der Waals surface area contributed by atoms with Gasteiger partial charge in [-0.05, 0) is 25.1 Å². The van der Waals surface area contributed by atoms with Crippen molar-refractivity contribution in [2.45, 2.75) is 16.8 Å². The topological polar surface area (TPSA) is 59.9 Å². The zero-order valence-corrected chi connectivity index (χ0v) is 12.9. The average molecular weight is 316 g/mol. The molecular formula is C15H12N2O2S2. The van der Waals surface area contributed by atoms with E-state index in [2.05, 4.69) is 9.97 Å². The van der Waals surface area contributed by atoms with Crippen LogP contribution in [0, 0.1) is 6.92 Å². The van der Waals surface area contributed by atoms with Crippen LogP contribution in [0.15, 0.2) is 64.8 Å². The quantitative estimate of drug-likeness (QED) is 0.547. The first-order chi connectivity index (χ1) is 10.1. The molecule has 4 nitrogen and oxygen atoms in total. The lowest BCUT2D eigenvalue weighted by molar-refractivity contribution is 0.610. The number of hydrogen-bond donors (Lipinski definition) is 0. The summed E-state index contributed by atoms with van der Waals surface area (Å²) in [5, 5.41) is 1.18. The zero-order valence-electron chi connectivity index (χ0n) is 11.2. The van der Waals surface area contributed by atoms with Crippen molar-refractivity contribution >= 4 is 30.6 Å². The monoisotopic (exact) mass is 316 g/mol. The number of nitrogens with zero attached hydrogens (tertiary/aromatic N) is 2. The van der Waals surface area contributed by atoms with Crippen molar-refractivity contribution in [3.63, 3.8) is 0 Å². The van der Waals surface area contributed by atoms with Crippen LogP contribution in [0.1, 0.15) is 5.56 Å². The Bertz CT molecular complexity index is 886. The molecule has 0 bridgehead atoms. The molecular weight excluding hydrogens is 304 g/mol. The van der Waals surface area contributed by atoms with E-state index in [9.17, 15) is 8.42 Å². The second-order valence-corrected chi connectivity index (χ2v) is 8.30. The number of benzene rings is 2. The summed E-state index contributed by atoms with van der Waals surface area (Å²) >= 11 is 0. The van der Waals surface area contributed by atoms with Gasteiger partial charge in [0.05, 0.1) is 10.4 Å². The van der Waals surface area contributed by atoms with Gasteiger partial charge in [0.25, 0.3) is 0 Å². The third kappa shape index (κ3) is 2.91. The van der Waals surface area contributed by atoms with Gasteiger partial charge in [-0.15, -0.1) is 0 Å². The highest BCUT2D eigenvalue weighted by Gasteiger charge is 2.19. The van der Waals surface area contributed by atoms with Crippen molar-refractivity contribution < 1.29 is 8.42 Å². The van der Waals surface area contributed by atoms with E-state index in [1.807, 2.05) is 31.2 Å². The molecule has 2 aromatic carbocycles. The maximum Gasteiger partial charge on any atom is 0.236 e. The van der Waals surface area contributed by atoms with E-state index in [1.165, 1.54) is 6.33 Å². The van der Waals surface area contributed by atoms with Gasteiger partial charge in [0.2, 0.25) is 8.87 Å². The summed E-state index contributed by atoms with van der Waals surface area (Å²) in [4.78, 5) is 8.52. The van der Waals surface area contributed by atoms with E-state index >= 15 is 0 Å². The lowest BCUT2D eigenvalue weighted by Gasteiger charge is -2.06. The van der Waals surface area contributed by atoms with Crippen LogP contribution in [0.3, 0.4) is 0 Å². The first-order valence-corrected chi connectivity index (χ1v) is 9.09. The Morgan fingerprint density at radius 3 is 2.43 bits per heavy atom. The molecule has 0 saturated carbocycles. The maximum atomic E-state index is 12.5. The molecule has 6 heteroatoms. The summed E-state index contributed by atoms with van der Waals surface area (Å²) < 4.78 is 24.9. The molecule has 0 amide bonds. The lowest BCUT2D eigenvalue weighted by atomic mass is 10.2. The summed E-state index contributed by atoms with van der Waals surface area (Å²) in [6.07, 6.45) is 1.38. The fourth-order valence-corrected chi connectivity index (χ4v) is 4.67. The third-order valence-corrected chi connectivity index (χ3v) is 6.27. The Hall–Kier alpha value is -1.92. The van der Waals surface area contributed by atoms with Crippen LogP contribution >= 0.6 is 10.8 Å². The maximum absolute atomic E-state index is 12.5. The van der Waals surface area contributed by atoms with Crippen LogP contribution in [-0.4, -0.2) is 18.4 Å². The molecule has 1 aromatic heterocycles. The SMILES string of the molecule is Cc1ccc(S(=O)(=O)Sc2ncnc3ccccc23)cc1. The smallest absolute Gasteiger partial charge is 0.236 e. The van der Waals surface area contributed by atoms with Crippen LogP contribution in [0.2, 0.25) is 0 Å². The average Bonchev–Trinajstić information content (AvgIpc) is 2.48. The fraction of sp³-hybridized carbons (Fsp3) is 0.0667. The summed E-state index contributed by atoms with van der Waals surface area (Å²) in [5.74, 6) is 0. The number of fused-ring (bicyclic) bond motifs is 1. The van der Waals surface area contributed by atoms with Crippen molar-refractivity contribution in [1.82, 2.24) is 9.97 Å². The normalized spacial score (nSPS) is 11.7. The van der Waals surface area contributed by atoms with Crippen molar-refractivity contribution in [2.24, 2.45) is 0 Å². The second-order valence-electron chi connectivity index (χ2n) is 4.55. The summed E-state index contributed by atoms with van der Waals surface area (Å²) in [7, 11) is -2.74. The highest BCUT2D eigenvalue weighted by molar-refractivity contribution is 8.72. The molecule has 106 valence electrons. The van der Waals surface area contributed by atoms with E-state index in [-0.39, 0.29) is 4.90 Å². The van der Waals surface area contributed by atoms with Gasteiger partial charge in [-0.3, -0.25) is 0 Å². The molecule has 1 heterocycles. The standard InChI is InChI=1S/C15H12N2O2S2/c1-11-6-8-12(9-7-11)21(18,19)20-15-13-4-2-3-5-14(13)16-10-17-15/h2-10H,1H3. The molecule has 21 heavy (non-hydrogen) atoms. The minimum Gasteiger partial charge on any atom is -0.236 e. The van der Waals surface area contributed by atoms with Gasteiger partial charge >= 0.3 is 0 Å². The third-order valence-electron chi connectivity index (χ3n) is 3.00. The highest BCUT2D eigenvalue weighted by atomic mass is 33.1. The van der Waals surface area contributed by atoms with Gasteiger partial charge in [0.15, 0.2) is 0 Å². The molecule has 0 aliphatic heterocycles. The van der Waals surface area contributed by atoms with E-state index in [1.54, 1.807) is 24.3 Å². The van der Waals surface area contributed by atoms with E-state index in [0.717, 1.165) is 27.3 Å². The Morgan fingerprint density at radius 2 is 1.67 bits per heavy atom. The van der Waals surface area contributed by atoms with Gasteiger partial charge in [0.1, 0.15) is 11.4 Å². The van der Waals surface area contributed by atoms with Crippen LogP contribution < -0.4 is 0 Å². The number of hydrogen-bond acceptors (Lipinski definition) is 5. The summed E-state index contributed by atoms with van der Waals surface area (Å²) in [6, 6.07) is 14.1. The first kappa shape index (κ1) is 14.0. The largest absolute Gasteiger partial charge is 0.236 e. The molecule has 0 radical (unpaired) electrons. The lowest BCUT2D eigenvalue weighted by Crippen LogP contribution is -1.97. The van der Waals surface area contributed by atoms with E-state index < -0.39 is 8.87 Å². The highest BCUT2D eigenvalue weighted by Crippen LogP contribution is 2.33. The molecule has 0 aliphatic carbocycles. The van der Waals surface area contributed by atoms with Gasteiger partial charge in [0, 0.05) is 16.2 Å². The molecule has 0 N–H and O–H groups in total. The van der Waals surface area contributed by atoms with Crippen LogP contribution in [0.5, 0.6) is 0 Å². The Kier molecular flexibility index (Phi) is 3.65. The molecule has 0 atom stereocenters. The van der Waals surface area contributed by atoms with E-state index in [0.29, 0.717) is 5.03 Å². The van der Waals surface area contributed by atoms with Crippen molar-refractivity contribution in [1.29, 1.82) is 0 Å². The number of aryl methyl sites for hydroxylation is 1. The zero-order chi connectivity index (χ0) is 14.9. The molecule has 3 aromatic rings. The Morgan fingerprint density at radius 1 is 0.952 bits per heavy atom. The van der Waals surface area contributed by atoms with Crippen molar-refractivity contribution in [3.05, 3.63) is 60.4 Å². The van der Waals surface area contributed by atoms with Crippen molar-refractivity contribution in [3.8, 4) is 0 Å². The van der Waals surface area contributed by atoms with Gasteiger partial charge in [-0.2, -0.15) is 0 Å². The van der Waals surface area contributed by atoms with Gasteiger partial charge in [-0.1, -0.05) is 35.9 Å². The van der Waals surface area contributed by atoms with Crippen LogP contribution in [0.4, 0.5) is 0 Å². The number of rotatable bonds is 3. The van der Waals surface area contributed by atoms with Gasteiger partial charge in [-0.25, -0.2) is 18.4 Å². The molecule has 0 unspecified atom stereocenters. The number of aromatic nitrogens is 2. The van der Waals surface area contributed by atoms with Crippen LogP contribution in [-0.2, 0) is 8.87 Å². The van der Waals surface area contributed by atoms with Crippen molar-refractivity contribution in [2.75, 3.05) is 0 Å². The molecule has 0 aliphatic rings. The predicted octanol–water partition coefficient (Wildman–Crippen LogP) is 3.42. The minimum atomic E-state index is -3.50. The predicted molar refractivity (Wildman–Crippen MR) is 83.8 cm³/mol. The molecule has 0 spiro atoms. The summed E-state index contributed by atoms with van der Waals surface area (Å²) in [6.45, 7) is 1.92. The number of para-hydroxylation sites is 1. The molecule has 3 rings (SSSR count). The second kappa shape index (κ2) is 5.46. The Balaban J connectivity index is 2.03. The minimum absolute atomic E-state index is 0.279. The summed E-state index contributed by atoms with van der Waals surface area (Å²) in [5.41, 5.74) is 1.75. The van der Waals surface area contributed by atoms with Gasteiger partial charge < -0.3 is 0 Å². The fourth-order valence-electron chi connectivity index (χ4n) is 1.90.